The Morgan fingerprint density at radius 1 is 1.37 bits per heavy atom. The summed E-state index contributed by atoms with van der Waals surface area (Å²) in [5.41, 5.74) is 0.344. The molecule has 0 radical (unpaired) electrons. The van der Waals surface area contributed by atoms with Crippen molar-refractivity contribution >= 4 is 11.7 Å². The summed E-state index contributed by atoms with van der Waals surface area (Å²) in [5.74, 6) is -0.639. The van der Waals surface area contributed by atoms with Gasteiger partial charge in [0.05, 0.1) is 11.5 Å². The third-order valence-electron chi connectivity index (χ3n) is 2.73. The minimum Gasteiger partial charge on any atom is -0.462 e. The predicted molar refractivity (Wildman–Crippen MR) is 72.2 cm³/mol. The minimum absolute atomic E-state index is 0.0129. The smallest absolute Gasteiger partial charge is 0.345 e. The molecule has 19 heavy (non-hydrogen) atoms. The van der Waals surface area contributed by atoms with E-state index in [1.165, 1.54) is 6.07 Å². The molecular formula is C14H19NO4. The quantitative estimate of drug-likeness (QED) is 0.474. The van der Waals surface area contributed by atoms with E-state index >= 15 is 0 Å². The third kappa shape index (κ3) is 4.35. The first-order valence-corrected chi connectivity index (χ1v) is 6.13. The summed E-state index contributed by atoms with van der Waals surface area (Å²) in [6.07, 6.45) is 0.707. The number of carbonyl (C=O) groups excluding carboxylic acids is 1. The maximum atomic E-state index is 11.9. The van der Waals surface area contributed by atoms with Gasteiger partial charge in [-0.2, -0.15) is 0 Å². The highest BCUT2D eigenvalue weighted by atomic mass is 16.6. The summed E-state index contributed by atoms with van der Waals surface area (Å²) < 4.78 is 5.11. The van der Waals surface area contributed by atoms with Gasteiger partial charge in [0.1, 0.15) is 5.56 Å². The van der Waals surface area contributed by atoms with E-state index in [0.29, 0.717) is 12.0 Å². The Morgan fingerprint density at radius 3 is 2.53 bits per heavy atom. The molecule has 5 nitrogen and oxygen atoms in total. The van der Waals surface area contributed by atoms with Crippen LogP contribution >= 0.6 is 0 Å². The first kappa shape index (κ1) is 15.1. The first-order valence-electron chi connectivity index (χ1n) is 6.13. The van der Waals surface area contributed by atoms with Crippen LogP contribution in [0.1, 0.15) is 43.1 Å². The molecule has 0 aliphatic rings. The van der Waals surface area contributed by atoms with Gasteiger partial charge in [0.25, 0.3) is 5.69 Å². The van der Waals surface area contributed by atoms with Crippen molar-refractivity contribution in [1.29, 1.82) is 0 Å². The Morgan fingerprint density at radius 2 is 2.00 bits per heavy atom. The van der Waals surface area contributed by atoms with Crippen LogP contribution in [0.3, 0.4) is 0 Å². The molecule has 0 heterocycles. The second-order valence-corrected chi connectivity index (χ2v) is 5.67. The highest BCUT2D eigenvalue weighted by Gasteiger charge is 2.23. The van der Waals surface area contributed by atoms with Crippen LogP contribution in [0.2, 0.25) is 0 Å². The lowest BCUT2D eigenvalue weighted by Gasteiger charge is -2.17. The molecular weight excluding hydrogens is 246 g/mol. The van der Waals surface area contributed by atoms with Crippen LogP contribution in [0.15, 0.2) is 18.2 Å². The van der Waals surface area contributed by atoms with Crippen LogP contribution in [0.25, 0.3) is 0 Å². The van der Waals surface area contributed by atoms with Crippen LogP contribution < -0.4 is 0 Å². The molecule has 0 saturated carbocycles. The summed E-state index contributed by atoms with van der Waals surface area (Å²) in [6.45, 7) is 7.97. The fourth-order valence-corrected chi connectivity index (χ4v) is 1.59. The van der Waals surface area contributed by atoms with Gasteiger partial charge in [-0.05, 0) is 24.8 Å². The van der Waals surface area contributed by atoms with Crippen molar-refractivity contribution < 1.29 is 14.5 Å². The highest BCUT2D eigenvalue weighted by Crippen LogP contribution is 2.24. The Labute approximate surface area is 112 Å². The van der Waals surface area contributed by atoms with Gasteiger partial charge < -0.3 is 4.74 Å². The van der Waals surface area contributed by atoms with E-state index in [4.69, 9.17) is 4.74 Å². The number of aryl methyl sites for hydroxylation is 1. The van der Waals surface area contributed by atoms with E-state index in [2.05, 4.69) is 0 Å². The number of nitro groups is 1. The molecule has 1 aromatic carbocycles. The largest absolute Gasteiger partial charge is 0.462 e. The Kier molecular flexibility index (Phi) is 4.64. The SMILES string of the molecule is Cc1cccc(C(=O)OCCC(C)(C)C)c1[N+](=O)[O-]. The fraction of sp³-hybridized carbons (Fsp3) is 0.500. The molecule has 0 amide bonds. The summed E-state index contributed by atoms with van der Waals surface area (Å²) in [6, 6.07) is 4.64. The number of ether oxygens (including phenoxy) is 1. The second kappa shape index (κ2) is 5.82. The summed E-state index contributed by atoms with van der Waals surface area (Å²) in [7, 11) is 0. The van der Waals surface area contributed by atoms with Crippen LogP contribution in [-0.2, 0) is 4.74 Å². The zero-order valence-corrected chi connectivity index (χ0v) is 11.7. The van der Waals surface area contributed by atoms with Crippen LogP contribution in [0.5, 0.6) is 0 Å². The van der Waals surface area contributed by atoms with E-state index in [0.717, 1.165) is 0 Å². The summed E-state index contributed by atoms with van der Waals surface area (Å²) in [4.78, 5) is 22.3. The average molecular weight is 265 g/mol. The lowest BCUT2D eigenvalue weighted by atomic mass is 9.93. The molecule has 0 spiro atoms. The monoisotopic (exact) mass is 265 g/mol. The predicted octanol–water partition coefficient (Wildman–Crippen LogP) is 3.50. The number of nitro benzene ring substituents is 1. The van der Waals surface area contributed by atoms with E-state index in [1.54, 1.807) is 19.1 Å². The number of hydrogen-bond donors (Lipinski definition) is 0. The van der Waals surface area contributed by atoms with Crippen LogP contribution in [0.4, 0.5) is 5.69 Å². The van der Waals surface area contributed by atoms with Gasteiger partial charge in [0.15, 0.2) is 0 Å². The van der Waals surface area contributed by atoms with Gasteiger partial charge in [-0.15, -0.1) is 0 Å². The number of esters is 1. The fourth-order valence-electron chi connectivity index (χ4n) is 1.59. The Bertz CT molecular complexity index is 489. The van der Waals surface area contributed by atoms with Crippen LogP contribution in [0, 0.1) is 22.5 Å². The van der Waals surface area contributed by atoms with Crippen molar-refractivity contribution in [3.8, 4) is 0 Å². The van der Waals surface area contributed by atoms with Gasteiger partial charge in [0, 0.05) is 5.56 Å². The molecule has 1 aromatic rings. The third-order valence-corrected chi connectivity index (χ3v) is 2.73. The molecule has 0 aromatic heterocycles. The number of nitrogens with zero attached hydrogens (tertiary/aromatic N) is 1. The summed E-state index contributed by atoms with van der Waals surface area (Å²) in [5, 5.41) is 11.0. The first-order chi connectivity index (χ1) is 8.72. The maximum Gasteiger partial charge on any atom is 0.345 e. The van der Waals surface area contributed by atoms with Gasteiger partial charge >= 0.3 is 5.97 Å². The molecule has 5 heteroatoms. The number of rotatable bonds is 4. The zero-order chi connectivity index (χ0) is 14.6. The minimum atomic E-state index is -0.639. The lowest BCUT2D eigenvalue weighted by molar-refractivity contribution is -0.385. The van der Waals surface area contributed by atoms with E-state index in [9.17, 15) is 14.9 Å². The Hall–Kier alpha value is -1.91. The van der Waals surface area contributed by atoms with Crippen molar-refractivity contribution in [2.24, 2.45) is 5.41 Å². The number of benzene rings is 1. The molecule has 0 fully saturated rings. The van der Waals surface area contributed by atoms with Gasteiger partial charge in [-0.3, -0.25) is 10.1 Å². The van der Waals surface area contributed by atoms with Crippen molar-refractivity contribution in [1.82, 2.24) is 0 Å². The molecule has 0 atom stereocenters. The topological polar surface area (TPSA) is 69.4 Å². The molecule has 0 aliphatic carbocycles. The second-order valence-electron chi connectivity index (χ2n) is 5.67. The van der Waals surface area contributed by atoms with E-state index < -0.39 is 10.9 Å². The van der Waals surface area contributed by atoms with Gasteiger partial charge in [0.2, 0.25) is 0 Å². The van der Waals surface area contributed by atoms with Crippen molar-refractivity contribution in [3.05, 3.63) is 39.4 Å². The summed E-state index contributed by atoms with van der Waals surface area (Å²) >= 11 is 0. The molecule has 0 unspecified atom stereocenters. The number of para-hydroxylation sites is 1. The van der Waals surface area contributed by atoms with Crippen molar-refractivity contribution in [3.63, 3.8) is 0 Å². The zero-order valence-electron chi connectivity index (χ0n) is 11.7. The Balaban J connectivity index is 2.83. The van der Waals surface area contributed by atoms with Crippen molar-refractivity contribution in [2.45, 2.75) is 34.1 Å². The van der Waals surface area contributed by atoms with Gasteiger partial charge in [-0.25, -0.2) is 4.79 Å². The van der Waals surface area contributed by atoms with Gasteiger partial charge in [-0.1, -0.05) is 32.9 Å². The molecule has 0 aliphatic heterocycles. The molecule has 0 bridgehead atoms. The van der Waals surface area contributed by atoms with Crippen molar-refractivity contribution in [2.75, 3.05) is 6.61 Å². The highest BCUT2D eigenvalue weighted by molar-refractivity contribution is 5.94. The average Bonchev–Trinajstić information content (AvgIpc) is 2.26. The molecule has 0 N–H and O–H groups in total. The molecule has 104 valence electrons. The molecule has 0 saturated heterocycles. The number of carbonyl (C=O) groups is 1. The number of hydrogen-bond acceptors (Lipinski definition) is 4. The standard InChI is InChI=1S/C14H19NO4/c1-10-6-5-7-11(12(10)15(17)18)13(16)19-9-8-14(2,3)4/h5-7H,8-9H2,1-4H3. The maximum absolute atomic E-state index is 11.9. The lowest BCUT2D eigenvalue weighted by Crippen LogP contribution is -2.14. The van der Waals surface area contributed by atoms with E-state index in [1.807, 2.05) is 20.8 Å². The van der Waals surface area contributed by atoms with Crippen LogP contribution in [-0.4, -0.2) is 17.5 Å². The molecule has 1 rings (SSSR count). The normalized spacial score (nSPS) is 11.2. The van der Waals surface area contributed by atoms with E-state index in [-0.39, 0.29) is 23.3 Å².